The van der Waals surface area contributed by atoms with Crippen molar-refractivity contribution >= 4 is 26.8 Å². The van der Waals surface area contributed by atoms with Crippen LogP contribution in [0.5, 0.6) is 5.75 Å². The molecule has 3 aromatic rings. The third-order valence-electron chi connectivity index (χ3n) is 4.06. The topological polar surface area (TPSA) is 34.4 Å². The molecule has 4 heteroatoms. The standard InChI is InChI=1S/C19H20BrNO2/c1-13(12-22)11-21-17-10-15(20)8-7-14(17)9-18(21)16-5-3-4-6-19(16)23-2/h3-10,13,22H,11-12H2,1-2H3/t13-/m0/s1. The van der Waals surface area contributed by atoms with Crippen LogP contribution in [-0.4, -0.2) is 23.4 Å². The number of benzene rings is 2. The summed E-state index contributed by atoms with van der Waals surface area (Å²) in [5.41, 5.74) is 3.32. The van der Waals surface area contributed by atoms with Crippen LogP contribution in [0.2, 0.25) is 0 Å². The van der Waals surface area contributed by atoms with E-state index in [-0.39, 0.29) is 12.5 Å². The molecule has 0 fully saturated rings. The molecule has 0 saturated carbocycles. The minimum Gasteiger partial charge on any atom is -0.496 e. The van der Waals surface area contributed by atoms with Crippen molar-refractivity contribution < 1.29 is 9.84 Å². The highest BCUT2D eigenvalue weighted by molar-refractivity contribution is 9.10. The fourth-order valence-corrected chi connectivity index (χ4v) is 3.22. The summed E-state index contributed by atoms with van der Waals surface area (Å²) in [6, 6.07) is 16.5. The van der Waals surface area contributed by atoms with Gasteiger partial charge < -0.3 is 14.4 Å². The quantitative estimate of drug-likeness (QED) is 0.702. The Morgan fingerprint density at radius 1 is 1.17 bits per heavy atom. The molecular formula is C19H20BrNO2. The van der Waals surface area contributed by atoms with Gasteiger partial charge in [0, 0.05) is 34.1 Å². The smallest absolute Gasteiger partial charge is 0.128 e. The highest BCUT2D eigenvalue weighted by Gasteiger charge is 2.16. The van der Waals surface area contributed by atoms with Gasteiger partial charge in [-0.1, -0.05) is 41.1 Å². The zero-order valence-electron chi connectivity index (χ0n) is 13.3. The molecule has 0 radical (unpaired) electrons. The normalized spacial score (nSPS) is 12.5. The van der Waals surface area contributed by atoms with Crippen LogP contribution in [-0.2, 0) is 6.54 Å². The van der Waals surface area contributed by atoms with Crippen molar-refractivity contribution in [3.8, 4) is 17.0 Å². The number of para-hydroxylation sites is 1. The minimum absolute atomic E-state index is 0.166. The molecule has 0 saturated heterocycles. The zero-order chi connectivity index (χ0) is 16.4. The molecule has 0 aliphatic heterocycles. The molecule has 1 N–H and O–H groups in total. The van der Waals surface area contributed by atoms with Crippen LogP contribution in [0.1, 0.15) is 6.92 Å². The average Bonchev–Trinajstić information content (AvgIpc) is 2.92. The Balaban J connectivity index is 2.24. The number of rotatable bonds is 5. The van der Waals surface area contributed by atoms with Crippen molar-refractivity contribution in [2.45, 2.75) is 13.5 Å². The van der Waals surface area contributed by atoms with Gasteiger partial charge in [-0.15, -0.1) is 0 Å². The van der Waals surface area contributed by atoms with Crippen LogP contribution in [0.4, 0.5) is 0 Å². The maximum Gasteiger partial charge on any atom is 0.128 e. The van der Waals surface area contributed by atoms with E-state index in [4.69, 9.17) is 4.74 Å². The van der Waals surface area contributed by atoms with E-state index in [1.807, 2.05) is 24.3 Å². The lowest BCUT2D eigenvalue weighted by Gasteiger charge is -2.16. The fourth-order valence-electron chi connectivity index (χ4n) is 2.87. The molecule has 120 valence electrons. The second-order valence-corrected chi connectivity index (χ2v) is 6.75. The molecule has 1 aromatic heterocycles. The number of nitrogens with zero attached hydrogens (tertiary/aromatic N) is 1. The minimum atomic E-state index is 0.166. The van der Waals surface area contributed by atoms with E-state index in [1.165, 1.54) is 5.39 Å². The monoisotopic (exact) mass is 373 g/mol. The zero-order valence-corrected chi connectivity index (χ0v) is 14.9. The van der Waals surface area contributed by atoms with Crippen LogP contribution < -0.4 is 4.74 Å². The van der Waals surface area contributed by atoms with Crippen molar-refractivity contribution in [3.63, 3.8) is 0 Å². The lowest BCUT2D eigenvalue weighted by molar-refractivity contribution is 0.224. The molecule has 3 nitrogen and oxygen atoms in total. The Bertz CT molecular complexity index is 825. The van der Waals surface area contributed by atoms with Crippen LogP contribution in [0, 0.1) is 5.92 Å². The highest BCUT2D eigenvalue weighted by Crippen LogP contribution is 2.35. The SMILES string of the molecule is COc1ccccc1-c1cc2ccc(Br)cc2n1C[C@H](C)CO. The average molecular weight is 374 g/mol. The number of aliphatic hydroxyl groups excluding tert-OH is 1. The number of halogens is 1. The van der Waals surface area contributed by atoms with Gasteiger partial charge in [0.2, 0.25) is 0 Å². The Hall–Kier alpha value is -1.78. The molecule has 1 atom stereocenters. The summed E-state index contributed by atoms with van der Waals surface area (Å²) in [6.07, 6.45) is 0. The summed E-state index contributed by atoms with van der Waals surface area (Å²) in [4.78, 5) is 0. The number of aliphatic hydroxyl groups is 1. The van der Waals surface area contributed by atoms with E-state index in [9.17, 15) is 5.11 Å². The molecule has 0 aliphatic carbocycles. The first-order valence-corrected chi connectivity index (χ1v) is 8.46. The number of hydrogen-bond acceptors (Lipinski definition) is 2. The third-order valence-corrected chi connectivity index (χ3v) is 4.55. The van der Waals surface area contributed by atoms with Gasteiger partial charge in [0.25, 0.3) is 0 Å². The molecule has 2 aromatic carbocycles. The van der Waals surface area contributed by atoms with Gasteiger partial charge in [0.1, 0.15) is 5.75 Å². The summed E-state index contributed by atoms with van der Waals surface area (Å²) < 4.78 is 8.85. The lowest BCUT2D eigenvalue weighted by atomic mass is 10.1. The highest BCUT2D eigenvalue weighted by atomic mass is 79.9. The van der Waals surface area contributed by atoms with Crippen molar-refractivity contribution in [3.05, 3.63) is 53.0 Å². The molecule has 0 unspecified atom stereocenters. The maximum atomic E-state index is 9.48. The number of hydrogen-bond donors (Lipinski definition) is 1. The van der Waals surface area contributed by atoms with Crippen LogP contribution >= 0.6 is 15.9 Å². The fraction of sp³-hybridized carbons (Fsp3) is 0.263. The summed E-state index contributed by atoms with van der Waals surface area (Å²) in [5, 5.41) is 10.7. The number of methoxy groups -OCH3 is 1. The van der Waals surface area contributed by atoms with Gasteiger partial charge in [0.05, 0.1) is 12.8 Å². The number of aromatic nitrogens is 1. The predicted octanol–water partition coefficient (Wildman–Crippen LogP) is 4.71. The van der Waals surface area contributed by atoms with E-state index in [0.717, 1.165) is 33.5 Å². The third kappa shape index (κ3) is 3.14. The van der Waals surface area contributed by atoms with E-state index < -0.39 is 0 Å². The van der Waals surface area contributed by atoms with Crippen molar-refractivity contribution in [2.75, 3.05) is 13.7 Å². The molecule has 3 rings (SSSR count). The number of fused-ring (bicyclic) bond motifs is 1. The lowest BCUT2D eigenvalue weighted by Crippen LogP contribution is -2.12. The van der Waals surface area contributed by atoms with Crippen LogP contribution in [0.3, 0.4) is 0 Å². The first kappa shape index (κ1) is 16.1. The molecule has 23 heavy (non-hydrogen) atoms. The van der Waals surface area contributed by atoms with Crippen molar-refractivity contribution in [1.82, 2.24) is 4.57 Å². The van der Waals surface area contributed by atoms with Crippen molar-refractivity contribution in [2.24, 2.45) is 5.92 Å². The Labute approximate surface area is 144 Å². The van der Waals surface area contributed by atoms with E-state index in [1.54, 1.807) is 7.11 Å². The molecular weight excluding hydrogens is 354 g/mol. The second-order valence-electron chi connectivity index (χ2n) is 5.83. The molecule has 0 aliphatic rings. The first-order chi connectivity index (χ1) is 11.1. The Morgan fingerprint density at radius 3 is 2.70 bits per heavy atom. The van der Waals surface area contributed by atoms with E-state index in [0.29, 0.717) is 0 Å². The van der Waals surface area contributed by atoms with E-state index in [2.05, 4.69) is 51.7 Å². The summed E-state index contributed by atoms with van der Waals surface area (Å²) >= 11 is 3.56. The number of ether oxygens (including phenoxy) is 1. The van der Waals surface area contributed by atoms with Gasteiger partial charge >= 0.3 is 0 Å². The predicted molar refractivity (Wildman–Crippen MR) is 97.9 cm³/mol. The molecule has 0 amide bonds. The molecule has 0 bridgehead atoms. The largest absolute Gasteiger partial charge is 0.496 e. The molecule has 0 spiro atoms. The van der Waals surface area contributed by atoms with Crippen LogP contribution in [0.15, 0.2) is 53.0 Å². The van der Waals surface area contributed by atoms with Crippen molar-refractivity contribution in [1.29, 1.82) is 0 Å². The Morgan fingerprint density at radius 2 is 1.96 bits per heavy atom. The van der Waals surface area contributed by atoms with Gasteiger partial charge in [-0.2, -0.15) is 0 Å². The van der Waals surface area contributed by atoms with Gasteiger partial charge in [-0.3, -0.25) is 0 Å². The van der Waals surface area contributed by atoms with Crippen LogP contribution in [0.25, 0.3) is 22.2 Å². The summed E-state index contributed by atoms with van der Waals surface area (Å²) in [7, 11) is 1.69. The van der Waals surface area contributed by atoms with Gasteiger partial charge in [-0.05, 0) is 36.2 Å². The Kier molecular flexibility index (Phi) is 4.74. The summed E-state index contributed by atoms with van der Waals surface area (Å²) in [5.74, 6) is 1.03. The summed E-state index contributed by atoms with van der Waals surface area (Å²) in [6.45, 7) is 2.97. The van der Waals surface area contributed by atoms with E-state index >= 15 is 0 Å². The molecule has 1 heterocycles. The van der Waals surface area contributed by atoms with Gasteiger partial charge in [-0.25, -0.2) is 0 Å². The van der Waals surface area contributed by atoms with Gasteiger partial charge in [0.15, 0.2) is 0 Å². The first-order valence-electron chi connectivity index (χ1n) is 7.67. The maximum absolute atomic E-state index is 9.48. The second kappa shape index (κ2) is 6.77.